The molecule has 0 aromatic carbocycles. The van der Waals surface area contributed by atoms with E-state index in [0.29, 0.717) is 0 Å². The molecule has 0 bridgehead atoms. The molecular weight excluding hydrogens is 216 g/mol. The third-order valence-corrected chi connectivity index (χ3v) is 3.20. The van der Waals surface area contributed by atoms with E-state index < -0.39 is 0 Å². The van der Waals surface area contributed by atoms with Gasteiger partial charge in [-0.05, 0) is 26.2 Å². The fraction of sp³-hybridized carbons (Fsp3) is 0.667. The minimum atomic E-state index is 0.271. The Bertz CT molecular complexity index is 363. The molecule has 1 unspecified atom stereocenters. The largest absolute Gasteiger partial charge is 0.378 e. The first-order valence-electron chi connectivity index (χ1n) is 6.19. The van der Waals surface area contributed by atoms with Crippen LogP contribution in [0.4, 0.5) is 5.82 Å². The molecule has 0 aliphatic carbocycles. The lowest BCUT2D eigenvalue weighted by atomic mass is 10.1. The third kappa shape index (κ3) is 2.73. The second kappa shape index (κ2) is 5.42. The van der Waals surface area contributed by atoms with E-state index in [-0.39, 0.29) is 6.10 Å². The van der Waals surface area contributed by atoms with Crippen LogP contribution in [0.25, 0.3) is 0 Å². The predicted octanol–water partition coefficient (Wildman–Crippen LogP) is 1.35. The molecule has 94 valence electrons. The fourth-order valence-electron chi connectivity index (χ4n) is 2.20. The minimum Gasteiger partial charge on any atom is -0.378 e. The minimum absolute atomic E-state index is 0.271. The Morgan fingerprint density at radius 1 is 1.47 bits per heavy atom. The van der Waals surface area contributed by atoms with E-state index in [1.165, 1.54) is 0 Å². The lowest BCUT2D eigenvalue weighted by molar-refractivity contribution is 0.110. The monoisotopic (exact) mass is 236 g/mol. The van der Waals surface area contributed by atoms with E-state index in [0.717, 1.165) is 55.2 Å². The van der Waals surface area contributed by atoms with Gasteiger partial charge in [0.2, 0.25) is 0 Å². The van der Waals surface area contributed by atoms with Crippen molar-refractivity contribution < 1.29 is 4.74 Å². The summed E-state index contributed by atoms with van der Waals surface area (Å²) in [5, 5.41) is 0. The fourth-order valence-corrected chi connectivity index (χ4v) is 2.20. The van der Waals surface area contributed by atoms with E-state index in [9.17, 15) is 0 Å². The number of aryl methyl sites for hydroxylation is 1. The van der Waals surface area contributed by atoms with Crippen LogP contribution in [0.2, 0.25) is 0 Å². The molecule has 1 aromatic rings. The smallest absolute Gasteiger partial charge is 0.146 e. The van der Waals surface area contributed by atoms with E-state index in [1.54, 1.807) is 0 Å². The van der Waals surface area contributed by atoms with Crippen molar-refractivity contribution in [1.82, 2.24) is 9.97 Å². The number of ether oxygens (including phenoxy) is 1. The molecule has 1 aromatic heterocycles. The number of nitrogens with one attached hydrogen (secondary N) is 1. The zero-order valence-electron chi connectivity index (χ0n) is 10.5. The van der Waals surface area contributed by atoms with E-state index >= 15 is 0 Å². The average molecular weight is 236 g/mol. The summed E-state index contributed by atoms with van der Waals surface area (Å²) in [4.78, 5) is 9.01. The maximum absolute atomic E-state index is 5.60. The molecular formula is C12H20N4O. The summed E-state index contributed by atoms with van der Waals surface area (Å²) in [5.74, 6) is 7.03. The van der Waals surface area contributed by atoms with Crippen molar-refractivity contribution in [2.45, 2.75) is 45.6 Å². The topological polar surface area (TPSA) is 73.1 Å². The number of anilines is 1. The molecule has 1 saturated heterocycles. The van der Waals surface area contributed by atoms with Crippen molar-refractivity contribution in [2.24, 2.45) is 5.84 Å². The zero-order chi connectivity index (χ0) is 12.3. The Hall–Kier alpha value is -1.20. The van der Waals surface area contributed by atoms with Crippen molar-refractivity contribution >= 4 is 5.82 Å². The lowest BCUT2D eigenvalue weighted by Crippen LogP contribution is -2.17. The van der Waals surface area contributed by atoms with Gasteiger partial charge in [0.15, 0.2) is 0 Å². The molecule has 2 heterocycles. The third-order valence-electron chi connectivity index (χ3n) is 3.20. The predicted molar refractivity (Wildman–Crippen MR) is 66.6 cm³/mol. The van der Waals surface area contributed by atoms with E-state index in [4.69, 9.17) is 10.6 Å². The molecule has 5 heteroatoms. The maximum atomic E-state index is 5.60. The summed E-state index contributed by atoms with van der Waals surface area (Å²) in [5.41, 5.74) is 4.73. The van der Waals surface area contributed by atoms with Crippen molar-refractivity contribution in [2.75, 3.05) is 12.0 Å². The standard InChI is InChI=1S/C12H20N4O/c1-3-10-8(2)12(16-13)15-11(14-10)7-9-5-4-6-17-9/h9H,3-7,13H2,1-2H3,(H,14,15,16). The first-order valence-corrected chi connectivity index (χ1v) is 6.19. The number of hydrazine groups is 1. The molecule has 1 aliphatic heterocycles. The molecule has 1 atom stereocenters. The summed E-state index contributed by atoms with van der Waals surface area (Å²) in [7, 11) is 0. The molecule has 0 spiro atoms. The zero-order valence-corrected chi connectivity index (χ0v) is 10.5. The number of nitrogen functional groups attached to an aromatic ring is 1. The summed E-state index contributed by atoms with van der Waals surface area (Å²) < 4.78 is 5.60. The van der Waals surface area contributed by atoms with E-state index in [2.05, 4.69) is 22.3 Å². The van der Waals surface area contributed by atoms with Gasteiger partial charge in [0.25, 0.3) is 0 Å². The molecule has 5 nitrogen and oxygen atoms in total. The van der Waals surface area contributed by atoms with Crippen LogP contribution in [0.15, 0.2) is 0 Å². The van der Waals surface area contributed by atoms with Crippen LogP contribution in [-0.2, 0) is 17.6 Å². The Morgan fingerprint density at radius 3 is 2.88 bits per heavy atom. The van der Waals surface area contributed by atoms with Crippen molar-refractivity contribution in [3.8, 4) is 0 Å². The Labute approximate surface area is 102 Å². The number of aromatic nitrogens is 2. The van der Waals surface area contributed by atoms with Crippen LogP contribution in [0.3, 0.4) is 0 Å². The van der Waals surface area contributed by atoms with Gasteiger partial charge < -0.3 is 10.2 Å². The lowest BCUT2D eigenvalue weighted by Gasteiger charge is -2.13. The van der Waals surface area contributed by atoms with Gasteiger partial charge >= 0.3 is 0 Å². The number of hydrogen-bond acceptors (Lipinski definition) is 5. The molecule has 0 saturated carbocycles. The van der Waals surface area contributed by atoms with Gasteiger partial charge in [-0.1, -0.05) is 6.92 Å². The number of nitrogens with zero attached hydrogens (tertiary/aromatic N) is 2. The van der Waals surface area contributed by atoms with Gasteiger partial charge in [0, 0.05) is 24.3 Å². The van der Waals surface area contributed by atoms with Gasteiger partial charge in [-0.3, -0.25) is 0 Å². The Balaban J connectivity index is 2.21. The maximum Gasteiger partial charge on any atom is 0.146 e. The highest BCUT2D eigenvalue weighted by atomic mass is 16.5. The number of rotatable bonds is 4. The summed E-state index contributed by atoms with van der Waals surface area (Å²) in [6.45, 7) is 4.94. The van der Waals surface area contributed by atoms with Crippen LogP contribution >= 0.6 is 0 Å². The highest BCUT2D eigenvalue weighted by Gasteiger charge is 2.18. The highest BCUT2D eigenvalue weighted by Crippen LogP contribution is 2.19. The quantitative estimate of drug-likeness (QED) is 0.610. The van der Waals surface area contributed by atoms with Gasteiger partial charge in [-0.15, -0.1) is 0 Å². The van der Waals surface area contributed by atoms with Crippen molar-refractivity contribution in [1.29, 1.82) is 0 Å². The van der Waals surface area contributed by atoms with Crippen LogP contribution < -0.4 is 11.3 Å². The van der Waals surface area contributed by atoms with Crippen molar-refractivity contribution in [3.05, 3.63) is 17.1 Å². The van der Waals surface area contributed by atoms with Gasteiger partial charge in [0.05, 0.1) is 6.10 Å². The normalized spacial score (nSPS) is 19.6. The molecule has 3 N–H and O–H groups in total. The first kappa shape index (κ1) is 12.3. The van der Waals surface area contributed by atoms with Crippen molar-refractivity contribution in [3.63, 3.8) is 0 Å². The van der Waals surface area contributed by atoms with Gasteiger partial charge in [-0.25, -0.2) is 15.8 Å². The molecule has 0 amide bonds. The highest BCUT2D eigenvalue weighted by molar-refractivity contribution is 5.44. The second-order valence-corrected chi connectivity index (χ2v) is 4.40. The number of hydrogen-bond donors (Lipinski definition) is 2. The Kier molecular flexibility index (Phi) is 3.91. The summed E-state index contributed by atoms with van der Waals surface area (Å²) in [6.07, 6.45) is 4.18. The summed E-state index contributed by atoms with van der Waals surface area (Å²) >= 11 is 0. The molecule has 0 radical (unpaired) electrons. The van der Waals surface area contributed by atoms with Crippen LogP contribution in [-0.4, -0.2) is 22.7 Å². The molecule has 1 fully saturated rings. The average Bonchev–Trinajstić information content (AvgIpc) is 2.84. The number of nitrogens with two attached hydrogens (primary N) is 1. The molecule has 17 heavy (non-hydrogen) atoms. The van der Waals surface area contributed by atoms with Crippen LogP contribution in [0, 0.1) is 6.92 Å². The SMILES string of the molecule is CCc1nc(CC2CCCO2)nc(NN)c1C. The van der Waals surface area contributed by atoms with Crippen LogP contribution in [0.1, 0.15) is 36.8 Å². The van der Waals surface area contributed by atoms with Crippen LogP contribution in [0.5, 0.6) is 0 Å². The molecule has 2 rings (SSSR count). The van der Waals surface area contributed by atoms with Gasteiger partial charge in [0.1, 0.15) is 11.6 Å². The second-order valence-electron chi connectivity index (χ2n) is 4.40. The first-order chi connectivity index (χ1) is 8.24. The summed E-state index contributed by atoms with van der Waals surface area (Å²) in [6, 6.07) is 0. The van der Waals surface area contributed by atoms with E-state index in [1.807, 2.05) is 6.92 Å². The molecule has 1 aliphatic rings. The Morgan fingerprint density at radius 2 is 2.29 bits per heavy atom. The van der Waals surface area contributed by atoms with Gasteiger partial charge in [-0.2, -0.15) is 0 Å².